The Labute approximate surface area is 148 Å². The van der Waals surface area contributed by atoms with Crippen molar-refractivity contribution in [2.24, 2.45) is 5.41 Å². The third kappa shape index (κ3) is 5.60. The number of hydrogen-bond donors (Lipinski definition) is 0. The molecule has 0 atom stereocenters. The fraction of sp³-hybridized carbons (Fsp3) is 0.238. The summed E-state index contributed by atoms with van der Waals surface area (Å²) in [4.78, 5) is 23.9. The summed E-state index contributed by atoms with van der Waals surface area (Å²) in [6.07, 6.45) is 3.74. The average molecular weight is 338 g/mol. The quantitative estimate of drug-likeness (QED) is 0.437. The van der Waals surface area contributed by atoms with E-state index in [9.17, 15) is 9.59 Å². The van der Waals surface area contributed by atoms with Gasteiger partial charge >= 0.3 is 11.9 Å². The molecule has 0 saturated carbocycles. The van der Waals surface area contributed by atoms with Gasteiger partial charge in [-0.25, -0.2) is 4.79 Å². The topological polar surface area (TPSA) is 52.6 Å². The standard InChI is InChI=1S/C21H22O4/c1-4-21(2,3)20(23)25-18-13-11-17(12-14-18)24-19(22)15-10-16-8-6-5-7-9-16/h5-15H,4H2,1-3H3/b15-10+. The molecule has 0 unspecified atom stereocenters. The molecule has 0 aliphatic heterocycles. The van der Waals surface area contributed by atoms with Crippen LogP contribution in [0.4, 0.5) is 0 Å². The van der Waals surface area contributed by atoms with Crippen molar-refractivity contribution in [3.8, 4) is 11.5 Å². The Morgan fingerprint density at radius 3 is 2.04 bits per heavy atom. The molecule has 4 heteroatoms. The Bertz CT molecular complexity index is 743. The maximum absolute atomic E-state index is 12.0. The van der Waals surface area contributed by atoms with Gasteiger partial charge in [-0.1, -0.05) is 37.3 Å². The highest BCUT2D eigenvalue weighted by molar-refractivity contribution is 5.88. The normalized spacial score (nSPS) is 11.3. The first-order chi connectivity index (χ1) is 11.9. The van der Waals surface area contributed by atoms with Gasteiger partial charge in [0, 0.05) is 6.08 Å². The van der Waals surface area contributed by atoms with E-state index in [4.69, 9.17) is 9.47 Å². The van der Waals surface area contributed by atoms with E-state index in [2.05, 4.69) is 0 Å². The van der Waals surface area contributed by atoms with Crippen molar-refractivity contribution in [1.29, 1.82) is 0 Å². The molecule has 130 valence electrons. The monoisotopic (exact) mass is 338 g/mol. The minimum Gasteiger partial charge on any atom is -0.426 e. The Kier molecular flexibility index (Phi) is 6.12. The van der Waals surface area contributed by atoms with E-state index in [0.717, 1.165) is 5.56 Å². The van der Waals surface area contributed by atoms with Gasteiger partial charge < -0.3 is 9.47 Å². The number of rotatable bonds is 6. The largest absolute Gasteiger partial charge is 0.426 e. The van der Waals surface area contributed by atoms with Crippen molar-refractivity contribution in [1.82, 2.24) is 0 Å². The van der Waals surface area contributed by atoms with Crippen molar-refractivity contribution in [3.63, 3.8) is 0 Å². The van der Waals surface area contributed by atoms with Crippen molar-refractivity contribution >= 4 is 18.0 Å². The van der Waals surface area contributed by atoms with Crippen LogP contribution in [0.15, 0.2) is 60.7 Å². The molecule has 2 aromatic carbocycles. The molecule has 25 heavy (non-hydrogen) atoms. The molecule has 0 aromatic heterocycles. The first-order valence-corrected chi connectivity index (χ1v) is 8.18. The third-order valence-electron chi connectivity index (χ3n) is 3.90. The molecule has 0 aliphatic rings. The predicted octanol–water partition coefficient (Wildman–Crippen LogP) is 4.65. The van der Waals surface area contributed by atoms with Gasteiger partial charge in [0.05, 0.1) is 5.41 Å². The first-order valence-electron chi connectivity index (χ1n) is 8.18. The van der Waals surface area contributed by atoms with E-state index in [-0.39, 0.29) is 5.97 Å². The second-order valence-electron chi connectivity index (χ2n) is 6.26. The molecule has 0 amide bonds. The summed E-state index contributed by atoms with van der Waals surface area (Å²) in [5, 5.41) is 0. The molecule has 0 aliphatic carbocycles. The van der Waals surface area contributed by atoms with Crippen LogP contribution in [0.1, 0.15) is 32.8 Å². The van der Waals surface area contributed by atoms with Crippen molar-refractivity contribution in [2.45, 2.75) is 27.2 Å². The van der Waals surface area contributed by atoms with E-state index in [1.54, 1.807) is 30.3 Å². The number of carbonyl (C=O) groups is 2. The predicted molar refractivity (Wildman–Crippen MR) is 97.3 cm³/mol. The Morgan fingerprint density at radius 1 is 0.920 bits per heavy atom. The van der Waals surface area contributed by atoms with Crippen LogP contribution in [0, 0.1) is 5.41 Å². The molecule has 0 radical (unpaired) electrons. The van der Waals surface area contributed by atoms with Crippen molar-refractivity contribution < 1.29 is 19.1 Å². The van der Waals surface area contributed by atoms with E-state index in [1.165, 1.54) is 6.08 Å². The maximum Gasteiger partial charge on any atom is 0.336 e. The van der Waals surface area contributed by atoms with Crippen LogP contribution >= 0.6 is 0 Å². The molecular formula is C21H22O4. The highest BCUT2D eigenvalue weighted by atomic mass is 16.5. The SMILES string of the molecule is CCC(C)(C)C(=O)Oc1ccc(OC(=O)/C=C/c2ccccc2)cc1. The molecule has 0 heterocycles. The molecular weight excluding hydrogens is 316 g/mol. The number of benzene rings is 2. The van der Waals surface area contributed by atoms with Gasteiger partial charge in [-0.15, -0.1) is 0 Å². The van der Waals surface area contributed by atoms with Gasteiger partial charge in [0.15, 0.2) is 0 Å². The zero-order chi connectivity index (χ0) is 18.3. The lowest BCUT2D eigenvalue weighted by molar-refractivity contribution is -0.144. The molecule has 0 spiro atoms. The van der Waals surface area contributed by atoms with Crippen LogP contribution in [-0.4, -0.2) is 11.9 Å². The molecule has 0 saturated heterocycles. The van der Waals surface area contributed by atoms with Crippen LogP contribution in [-0.2, 0) is 9.59 Å². The molecule has 0 bridgehead atoms. The molecule has 0 fully saturated rings. The molecule has 0 N–H and O–H groups in total. The lowest BCUT2D eigenvalue weighted by atomic mass is 9.91. The second-order valence-corrected chi connectivity index (χ2v) is 6.26. The van der Waals surface area contributed by atoms with E-state index < -0.39 is 11.4 Å². The first kappa shape index (κ1) is 18.5. The van der Waals surface area contributed by atoms with Gasteiger partial charge in [0.2, 0.25) is 0 Å². The summed E-state index contributed by atoms with van der Waals surface area (Å²) in [5.41, 5.74) is 0.383. The van der Waals surface area contributed by atoms with Crippen LogP contribution < -0.4 is 9.47 Å². The van der Waals surface area contributed by atoms with E-state index in [1.807, 2.05) is 51.1 Å². The molecule has 4 nitrogen and oxygen atoms in total. The smallest absolute Gasteiger partial charge is 0.336 e. The summed E-state index contributed by atoms with van der Waals surface area (Å²) in [5.74, 6) is 0.0506. The third-order valence-corrected chi connectivity index (χ3v) is 3.90. The molecule has 2 aromatic rings. The van der Waals surface area contributed by atoms with Crippen molar-refractivity contribution in [3.05, 3.63) is 66.2 Å². The van der Waals surface area contributed by atoms with Crippen LogP contribution in [0.2, 0.25) is 0 Å². The second kappa shape index (κ2) is 8.29. The van der Waals surface area contributed by atoms with Crippen LogP contribution in [0.5, 0.6) is 11.5 Å². The average Bonchev–Trinajstić information content (AvgIpc) is 2.62. The highest BCUT2D eigenvalue weighted by Gasteiger charge is 2.27. The van der Waals surface area contributed by atoms with Gasteiger partial charge in [-0.3, -0.25) is 4.79 Å². The zero-order valence-electron chi connectivity index (χ0n) is 14.7. The number of esters is 2. The van der Waals surface area contributed by atoms with Gasteiger partial charge in [-0.2, -0.15) is 0 Å². The zero-order valence-corrected chi connectivity index (χ0v) is 14.7. The van der Waals surface area contributed by atoms with Crippen molar-refractivity contribution in [2.75, 3.05) is 0 Å². The Hall–Kier alpha value is -2.88. The summed E-state index contributed by atoms with van der Waals surface area (Å²) >= 11 is 0. The summed E-state index contributed by atoms with van der Waals surface area (Å²) in [6.45, 7) is 5.61. The number of ether oxygens (including phenoxy) is 2. The van der Waals surface area contributed by atoms with Gasteiger partial charge in [0.25, 0.3) is 0 Å². The summed E-state index contributed by atoms with van der Waals surface area (Å²) in [6, 6.07) is 15.9. The van der Waals surface area contributed by atoms with Crippen LogP contribution in [0.3, 0.4) is 0 Å². The van der Waals surface area contributed by atoms with Gasteiger partial charge in [0.1, 0.15) is 11.5 Å². The highest BCUT2D eigenvalue weighted by Crippen LogP contribution is 2.25. The summed E-state index contributed by atoms with van der Waals surface area (Å²) < 4.78 is 10.6. The Balaban J connectivity index is 1.93. The summed E-state index contributed by atoms with van der Waals surface area (Å²) in [7, 11) is 0. The lowest BCUT2D eigenvalue weighted by Crippen LogP contribution is -2.28. The Morgan fingerprint density at radius 2 is 1.48 bits per heavy atom. The van der Waals surface area contributed by atoms with E-state index in [0.29, 0.717) is 17.9 Å². The lowest BCUT2D eigenvalue weighted by Gasteiger charge is -2.20. The minimum atomic E-state index is -0.534. The minimum absolute atomic E-state index is 0.287. The number of carbonyl (C=O) groups excluding carboxylic acids is 2. The van der Waals surface area contributed by atoms with Crippen LogP contribution in [0.25, 0.3) is 6.08 Å². The fourth-order valence-electron chi connectivity index (χ4n) is 1.84. The molecule has 2 rings (SSSR count). The maximum atomic E-state index is 12.0. The van der Waals surface area contributed by atoms with Gasteiger partial charge in [-0.05, 0) is 56.2 Å². The number of hydrogen-bond acceptors (Lipinski definition) is 4. The fourth-order valence-corrected chi connectivity index (χ4v) is 1.84. The van der Waals surface area contributed by atoms with E-state index >= 15 is 0 Å².